The highest BCUT2D eigenvalue weighted by atomic mass is 32.2. The number of nitrogens with zero attached hydrogens (tertiary/aromatic N) is 2. The second-order valence-electron chi connectivity index (χ2n) is 4.50. The molecule has 16 heavy (non-hydrogen) atoms. The Morgan fingerprint density at radius 1 is 1.50 bits per heavy atom. The van der Waals surface area contributed by atoms with E-state index in [1.807, 2.05) is 18.7 Å². The molecule has 1 heterocycles. The predicted octanol–water partition coefficient (Wildman–Crippen LogP) is 2.14. The van der Waals surface area contributed by atoms with Crippen molar-refractivity contribution >= 4 is 11.8 Å². The number of nitrogens with two attached hydrogens (primary N) is 1. The van der Waals surface area contributed by atoms with Crippen molar-refractivity contribution in [2.75, 3.05) is 0 Å². The first-order chi connectivity index (χ1) is 7.74. The molecule has 1 aliphatic rings. The molecule has 0 bridgehead atoms. The molecule has 1 unspecified atom stereocenters. The zero-order valence-electron chi connectivity index (χ0n) is 9.69. The molecule has 1 saturated carbocycles. The summed E-state index contributed by atoms with van der Waals surface area (Å²) in [6, 6.07) is 0.0794. The summed E-state index contributed by atoms with van der Waals surface area (Å²) in [5, 5.41) is 4.77. The first-order valence-electron chi connectivity index (χ1n) is 5.92. The van der Waals surface area contributed by atoms with Crippen molar-refractivity contribution in [2.24, 2.45) is 5.73 Å². The molecule has 0 saturated heterocycles. The maximum absolute atomic E-state index is 5.67. The van der Waals surface area contributed by atoms with Crippen LogP contribution >= 0.6 is 11.8 Å². The summed E-state index contributed by atoms with van der Waals surface area (Å²) in [4.78, 5) is 4.33. The summed E-state index contributed by atoms with van der Waals surface area (Å²) in [6.07, 6.45) is 6.10. The summed E-state index contributed by atoms with van der Waals surface area (Å²) in [7, 11) is 0. The average molecular weight is 241 g/mol. The number of rotatable bonds is 5. The lowest BCUT2D eigenvalue weighted by molar-refractivity contribution is 0.368. The van der Waals surface area contributed by atoms with E-state index >= 15 is 0 Å². The maximum Gasteiger partial charge on any atom is 0.228 e. The van der Waals surface area contributed by atoms with Crippen LogP contribution in [0.25, 0.3) is 0 Å². The molecule has 1 aromatic heterocycles. The lowest BCUT2D eigenvalue weighted by Crippen LogP contribution is -2.17. The van der Waals surface area contributed by atoms with Gasteiger partial charge in [0.2, 0.25) is 5.89 Å². The van der Waals surface area contributed by atoms with Crippen molar-refractivity contribution in [2.45, 2.75) is 56.1 Å². The van der Waals surface area contributed by atoms with E-state index in [9.17, 15) is 0 Å². The summed E-state index contributed by atoms with van der Waals surface area (Å²) in [5.74, 6) is 2.34. The van der Waals surface area contributed by atoms with Crippen LogP contribution in [0.4, 0.5) is 0 Å². The van der Waals surface area contributed by atoms with Gasteiger partial charge in [0.25, 0.3) is 0 Å². The first kappa shape index (κ1) is 11.9. The molecular formula is C11H19N3OS. The van der Waals surface area contributed by atoms with E-state index in [4.69, 9.17) is 10.3 Å². The van der Waals surface area contributed by atoms with Gasteiger partial charge in [-0.05, 0) is 19.8 Å². The van der Waals surface area contributed by atoms with Gasteiger partial charge in [-0.1, -0.05) is 18.0 Å². The minimum absolute atomic E-state index is 0.0794. The van der Waals surface area contributed by atoms with Crippen LogP contribution in [0.1, 0.15) is 44.3 Å². The summed E-state index contributed by atoms with van der Waals surface area (Å²) in [6.45, 7) is 1.94. The largest absolute Gasteiger partial charge is 0.339 e. The van der Waals surface area contributed by atoms with E-state index in [1.54, 1.807) is 0 Å². The molecule has 1 aromatic rings. The van der Waals surface area contributed by atoms with Crippen molar-refractivity contribution < 1.29 is 4.52 Å². The zero-order chi connectivity index (χ0) is 11.4. The average Bonchev–Trinajstić information content (AvgIpc) is 2.84. The van der Waals surface area contributed by atoms with Gasteiger partial charge < -0.3 is 10.3 Å². The van der Waals surface area contributed by atoms with Gasteiger partial charge in [0.15, 0.2) is 5.82 Å². The van der Waals surface area contributed by atoms with E-state index in [2.05, 4.69) is 10.1 Å². The number of hydrogen-bond acceptors (Lipinski definition) is 5. The standard InChI is InChI=1S/C11H19N3OS/c1-8(12)6-11-13-10(14-15-11)7-16-9-4-2-3-5-9/h8-9H,2-7,12H2,1H3. The van der Waals surface area contributed by atoms with Crippen molar-refractivity contribution in [3.05, 3.63) is 11.7 Å². The second-order valence-corrected chi connectivity index (χ2v) is 5.79. The number of hydrogen-bond donors (Lipinski definition) is 1. The van der Waals surface area contributed by atoms with Gasteiger partial charge in [-0.3, -0.25) is 0 Å². The van der Waals surface area contributed by atoms with Gasteiger partial charge in [-0.2, -0.15) is 16.7 Å². The third kappa shape index (κ3) is 3.49. The highest BCUT2D eigenvalue weighted by Gasteiger charge is 2.16. The Morgan fingerprint density at radius 2 is 2.25 bits per heavy atom. The number of aromatic nitrogens is 2. The van der Waals surface area contributed by atoms with Gasteiger partial charge >= 0.3 is 0 Å². The molecule has 1 atom stereocenters. The third-order valence-electron chi connectivity index (χ3n) is 2.76. The normalized spacial score (nSPS) is 19.1. The molecule has 0 spiro atoms. The second kappa shape index (κ2) is 5.68. The topological polar surface area (TPSA) is 64.9 Å². The maximum atomic E-state index is 5.67. The molecule has 2 rings (SSSR count). The molecule has 4 nitrogen and oxygen atoms in total. The van der Waals surface area contributed by atoms with Crippen LogP contribution in [0.15, 0.2) is 4.52 Å². The Hall–Kier alpha value is -0.550. The van der Waals surface area contributed by atoms with Crippen molar-refractivity contribution in [1.82, 2.24) is 10.1 Å². The van der Waals surface area contributed by atoms with Gasteiger partial charge in [0.05, 0.1) is 5.75 Å². The number of thioether (sulfide) groups is 1. The summed E-state index contributed by atoms with van der Waals surface area (Å²) >= 11 is 1.95. The molecule has 1 fully saturated rings. The van der Waals surface area contributed by atoms with Crippen molar-refractivity contribution in [1.29, 1.82) is 0 Å². The van der Waals surface area contributed by atoms with Crippen LogP contribution in [-0.2, 0) is 12.2 Å². The van der Waals surface area contributed by atoms with E-state index in [0.717, 1.165) is 16.8 Å². The van der Waals surface area contributed by atoms with Crippen LogP contribution in [0, 0.1) is 0 Å². The Balaban J connectivity index is 1.78. The Bertz CT molecular complexity index is 321. The highest BCUT2D eigenvalue weighted by molar-refractivity contribution is 7.99. The molecule has 0 aromatic carbocycles. The van der Waals surface area contributed by atoms with E-state index < -0.39 is 0 Å². The van der Waals surface area contributed by atoms with Crippen molar-refractivity contribution in [3.8, 4) is 0 Å². The first-order valence-corrected chi connectivity index (χ1v) is 6.97. The molecule has 5 heteroatoms. The fourth-order valence-corrected chi connectivity index (χ4v) is 3.12. The van der Waals surface area contributed by atoms with Crippen LogP contribution in [0.2, 0.25) is 0 Å². The fourth-order valence-electron chi connectivity index (χ4n) is 1.95. The molecular weight excluding hydrogens is 222 g/mol. The van der Waals surface area contributed by atoms with Gasteiger partial charge in [0, 0.05) is 17.7 Å². The molecule has 0 aliphatic heterocycles. The van der Waals surface area contributed by atoms with E-state index in [1.165, 1.54) is 25.7 Å². The Kier molecular flexibility index (Phi) is 4.23. The Labute approximate surface area is 100 Å². The molecule has 0 amide bonds. The predicted molar refractivity (Wildman–Crippen MR) is 65.2 cm³/mol. The van der Waals surface area contributed by atoms with Crippen LogP contribution < -0.4 is 5.73 Å². The van der Waals surface area contributed by atoms with Gasteiger partial charge in [-0.25, -0.2) is 0 Å². The third-order valence-corrected chi connectivity index (χ3v) is 4.12. The molecule has 2 N–H and O–H groups in total. The SMILES string of the molecule is CC(N)Cc1nc(CSC2CCCC2)no1. The molecule has 0 radical (unpaired) electrons. The van der Waals surface area contributed by atoms with Crippen LogP contribution in [0.5, 0.6) is 0 Å². The summed E-state index contributed by atoms with van der Waals surface area (Å²) < 4.78 is 5.14. The van der Waals surface area contributed by atoms with Crippen molar-refractivity contribution in [3.63, 3.8) is 0 Å². The highest BCUT2D eigenvalue weighted by Crippen LogP contribution is 2.30. The van der Waals surface area contributed by atoms with Crippen LogP contribution in [0.3, 0.4) is 0 Å². The minimum atomic E-state index is 0.0794. The monoisotopic (exact) mass is 241 g/mol. The molecule has 90 valence electrons. The lowest BCUT2D eigenvalue weighted by atomic mass is 10.2. The smallest absolute Gasteiger partial charge is 0.228 e. The zero-order valence-corrected chi connectivity index (χ0v) is 10.5. The van der Waals surface area contributed by atoms with E-state index in [-0.39, 0.29) is 6.04 Å². The molecule has 1 aliphatic carbocycles. The van der Waals surface area contributed by atoms with Crippen LogP contribution in [-0.4, -0.2) is 21.4 Å². The van der Waals surface area contributed by atoms with Gasteiger partial charge in [0.1, 0.15) is 0 Å². The summed E-state index contributed by atoms with van der Waals surface area (Å²) in [5.41, 5.74) is 5.67. The quantitative estimate of drug-likeness (QED) is 0.855. The van der Waals surface area contributed by atoms with E-state index in [0.29, 0.717) is 12.3 Å². The van der Waals surface area contributed by atoms with Gasteiger partial charge in [-0.15, -0.1) is 0 Å². The lowest BCUT2D eigenvalue weighted by Gasteiger charge is -2.04. The fraction of sp³-hybridized carbons (Fsp3) is 0.818. The minimum Gasteiger partial charge on any atom is -0.339 e. The Morgan fingerprint density at radius 3 is 2.94 bits per heavy atom.